The lowest BCUT2D eigenvalue weighted by atomic mass is 9.92. The van der Waals surface area contributed by atoms with Crippen LogP contribution in [0.2, 0.25) is 0 Å². The first kappa shape index (κ1) is 16.5. The number of benzene rings is 1. The molecule has 2 heterocycles. The van der Waals surface area contributed by atoms with Crippen LogP contribution in [0.1, 0.15) is 29.2 Å². The molecule has 1 aromatic carbocycles. The molecule has 1 fully saturated rings. The van der Waals surface area contributed by atoms with Crippen molar-refractivity contribution in [3.63, 3.8) is 0 Å². The molecule has 1 aromatic heterocycles. The Hall–Kier alpha value is -2.40. The minimum absolute atomic E-state index is 0.436. The van der Waals surface area contributed by atoms with Gasteiger partial charge in [-0.3, -0.25) is 9.78 Å². The summed E-state index contributed by atoms with van der Waals surface area (Å²) in [6.45, 7) is 4.53. The van der Waals surface area contributed by atoms with E-state index in [1.54, 1.807) is 19.5 Å². The van der Waals surface area contributed by atoms with Crippen LogP contribution in [0.3, 0.4) is 0 Å². The molecule has 1 saturated heterocycles. The number of hydrogen-bond donors (Lipinski definition) is 1. The lowest BCUT2D eigenvalue weighted by Crippen LogP contribution is -2.17. The number of pyridine rings is 1. The fourth-order valence-electron chi connectivity index (χ4n) is 3.42. The second-order valence-electron chi connectivity index (χ2n) is 6.17. The molecule has 24 heavy (non-hydrogen) atoms. The molecule has 126 valence electrons. The van der Waals surface area contributed by atoms with Gasteiger partial charge in [0.25, 0.3) is 0 Å². The number of aryl methyl sites for hydroxylation is 2. The van der Waals surface area contributed by atoms with Crippen LogP contribution in [0.25, 0.3) is 11.1 Å². The number of aromatic nitrogens is 1. The maximum Gasteiger partial charge on any atom is 0.309 e. The van der Waals surface area contributed by atoms with E-state index >= 15 is 0 Å². The number of carbonyl (C=O) groups is 1. The van der Waals surface area contributed by atoms with Crippen LogP contribution in [-0.2, 0) is 9.53 Å². The molecule has 0 radical (unpaired) electrons. The molecule has 1 aliphatic heterocycles. The van der Waals surface area contributed by atoms with Crippen molar-refractivity contribution in [2.45, 2.75) is 26.4 Å². The van der Waals surface area contributed by atoms with Crippen molar-refractivity contribution in [3.8, 4) is 16.9 Å². The standard InChI is InChI=1S/C19H21NO4/c1-11-6-15(23-3)7-12(2)17(11)13-8-14(10-20-9-13)18-16(19(21)22)4-5-24-18/h6-10,16,18H,4-5H2,1-3H3,(H,21,22)/t16-,18+/m0/s1. The van der Waals surface area contributed by atoms with E-state index < -0.39 is 18.0 Å². The van der Waals surface area contributed by atoms with Crippen LogP contribution < -0.4 is 4.74 Å². The van der Waals surface area contributed by atoms with Crippen LogP contribution in [0.5, 0.6) is 5.75 Å². The molecule has 1 N–H and O–H groups in total. The molecule has 0 spiro atoms. The summed E-state index contributed by atoms with van der Waals surface area (Å²) in [5, 5.41) is 9.36. The molecule has 5 heteroatoms. The zero-order chi connectivity index (χ0) is 17.3. The molecule has 0 aliphatic carbocycles. The van der Waals surface area contributed by atoms with Gasteiger partial charge in [0.05, 0.1) is 19.1 Å². The van der Waals surface area contributed by atoms with Crippen LogP contribution >= 0.6 is 0 Å². The number of ether oxygens (including phenoxy) is 2. The Kier molecular flexibility index (Phi) is 4.53. The Morgan fingerprint density at radius 2 is 1.96 bits per heavy atom. The van der Waals surface area contributed by atoms with Gasteiger partial charge >= 0.3 is 5.97 Å². The Morgan fingerprint density at radius 3 is 2.58 bits per heavy atom. The van der Waals surface area contributed by atoms with Crippen LogP contribution in [0.4, 0.5) is 0 Å². The first-order valence-corrected chi connectivity index (χ1v) is 7.96. The highest BCUT2D eigenvalue weighted by Crippen LogP contribution is 2.37. The normalized spacial score (nSPS) is 20.1. The molecule has 0 amide bonds. The highest BCUT2D eigenvalue weighted by atomic mass is 16.5. The largest absolute Gasteiger partial charge is 0.497 e. The molecule has 0 unspecified atom stereocenters. The highest BCUT2D eigenvalue weighted by molar-refractivity contribution is 5.73. The fourth-order valence-corrected chi connectivity index (χ4v) is 3.42. The average Bonchev–Trinajstić information content (AvgIpc) is 3.04. The topological polar surface area (TPSA) is 68.7 Å². The molecule has 5 nitrogen and oxygen atoms in total. The summed E-state index contributed by atoms with van der Waals surface area (Å²) < 4.78 is 11.0. The summed E-state index contributed by atoms with van der Waals surface area (Å²) in [5.41, 5.74) is 5.05. The van der Waals surface area contributed by atoms with E-state index in [1.807, 2.05) is 32.0 Å². The summed E-state index contributed by atoms with van der Waals surface area (Å²) in [6.07, 6.45) is 3.60. The Labute approximate surface area is 141 Å². The van der Waals surface area contributed by atoms with Crippen molar-refractivity contribution in [2.75, 3.05) is 13.7 Å². The van der Waals surface area contributed by atoms with Gasteiger partial charge in [-0.2, -0.15) is 0 Å². The van der Waals surface area contributed by atoms with E-state index in [-0.39, 0.29) is 0 Å². The Bertz CT molecular complexity index is 749. The minimum Gasteiger partial charge on any atom is -0.497 e. The summed E-state index contributed by atoms with van der Waals surface area (Å²) in [6, 6.07) is 5.96. The summed E-state index contributed by atoms with van der Waals surface area (Å²) in [5.74, 6) is -0.511. The van der Waals surface area contributed by atoms with Crippen molar-refractivity contribution in [3.05, 3.63) is 47.3 Å². The summed E-state index contributed by atoms with van der Waals surface area (Å²) >= 11 is 0. The van der Waals surface area contributed by atoms with E-state index in [1.165, 1.54) is 0 Å². The predicted octanol–water partition coefficient (Wildman–Crippen LogP) is 3.54. The maximum absolute atomic E-state index is 11.4. The summed E-state index contributed by atoms with van der Waals surface area (Å²) in [4.78, 5) is 15.7. The van der Waals surface area contributed by atoms with Gasteiger partial charge in [-0.25, -0.2) is 0 Å². The van der Waals surface area contributed by atoms with Gasteiger partial charge in [0.1, 0.15) is 5.75 Å². The molecular formula is C19H21NO4. The quantitative estimate of drug-likeness (QED) is 0.930. The van der Waals surface area contributed by atoms with Gasteiger partial charge in [-0.1, -0.05) is 0 Å². The van der Waals surface area contributed by atoms with Gasteiger partial charge in [0, 0.05) is 30.1 Å². The lowest BCUT2D eigenvalue weighted by molar-refractivity contribution is -0.143. The van der Waals surface area contributed by atoms with Gasteiger partial charge in [0.15, 0.2) is 0 Å². The van der Waals surface area contributed by atoms with Gasteiger partial charge < -0.3 is 14.6 Å². The number of hydrogen-bond acceptors (Lipinski definition) is 4. The Morgan fingerprint density at radius 1 is 1.25 bits per heavy atom. The number of aliphatic carboxylic acids is 1. The van der Waals surface area contributed by atoms with Crippen molar-refractivity contribution in [1.82, 2.24) is 4.98 Å². The summed E-state index contributed by atoms with van der Waals surface area (Å²) in [7, 11) is 1.65. The van der Waals surface area contributed by atoms with E-state index in [4.69, 9.17) is 9.47 Å². The molecule has 1 aliphatic rings. The molecule has 0 bridgehead atoms. The number of carboxylic acid groups (broad SMARTS) is 1. The second-order valence-corrected chi connectivity index (χ2v) is 6.17. The van der Waals surface area contributed by atoms with E-state index in [0.717, 1.165) is 33.6 Å². The zero-order valence-corrected chi connectivity index (χ0v) is 14.1. The Balaban J connectivity index is 2.01. The molecule has 3 rings (SSSR count). The van der Waals surface area contributed by atoms with E-state index in [2.05, 4.69) is 4.98 Å². The molecule has 0 saturated carbocycles. The first-order valence-electron chi connectivity index (χ1n) is 7.96. The number of rotatable bonds is 4. The van der Waals surface area contributed by atoms with E-state index in [9.17, 15) is 9.90 Å². The SMILES string of the molecule is COc1cc(C)c(-c2cncc([C@H]3OCC[C@@H]3C(=O)O)c2)c(C)c1. The van der Waals surface area contributed by atoms with Gasteiger partial charge in [-0.15, -0.1) is 0 Å². The highest BCUT2D eigenvalue weighted by Gasteiger charge is 2.35. The number of methoxy groups -OCH3 is 1. The van der Waals surface area contributed by atoms with Crippen molar-refractivity contribution in [1.29, 1.82) is 0 Å². The lowest BCUT2D eigenvalue weighted by Gasteiger charge is -2.17. The zero-order valence-electron chi connectivity index (χ0n) is 14.1. The van der Waals surface area contributed by atoms with Crippen molar-refractivity contribution < 1.29 is 19.4 Å². The van der Waals surface area contributed by atoms with Crippen molar-refractivity contribution in [2.24, 2.45) is 5.92 Å². The molecule has 2 aromatic rings. The van der Waals surface area contributed by atoms with E-state index in [0.29, 0.717) is 13.0 Å². The fraction of sp³-hybridized carbons (Fsp3) is 0.368. The van der Waals surface area contributed by atoms with Gasteiger partial charge in [0.2, 0.25) is 0 Å². The van der Waals surface area contributed by atoms with Crippen LogP contribution in [-0.4, -0.2) is 29.8 Å². The van der Waals surface area contributed by atoms with Crippen LogP contribution in [0.15, 0.2) is 30.6 Å². The maximum atomic E-state index is 11.4. The van der Waals surface area contributed by atoms with Crippen molar-refractivity contribution >= 4 is 5.97 Å². The predicted molar refractivity (Wildman–Crippen MR) is 90.1 cm³/mol. The third-order valence-electron chi connectivity index (χ3n) is 4.53. The number of carboxylic acids is 1. The monoisotopic (exact) mass is 327 g/mol. The average molecular weight is 327 g/mol. The van der Waals surface area contributed by atoms with Gasteiger partial charge in [-0.05, 0) is 55.2 Å². The second kappa shape index (κ2) is 6.61. The number of nitrogens with zero attached hydrogens (tertiary/aromatic N) is 1. The minimum atomic E-state index is -0.820. The molecular weight excluding hydrogens is 306 g/mol. The first-order chi connectivity index (χ1) is 11.5. The van der Waals surface area contributed by atoms with Crippen LogP contribution in [0, 0.1) is 19.8 Å². The molecule has 2 atom stereocenters. The third-order valence-corrected chi connectivity index (χ3v) is 4.53. The third kappa shape index (κ3) is 2.99. The smallest absolute Gasteiger partial charge is 0.309 e.